The van der Waals surface area contributed by atoms with Crippen molar-refractivity contribution in [2.75, 3.05) is 18.3 Å². The van der Waals surface area contributed by atoms with Gasteiger partial charge < -0.3 is 14.5 Å². The van der Waals surface area contributed by atoms with Crippen LogP contribution in [0.3, 0.4) is 0 Å². The molecular formula is C71H58Cl3N9O6S6. The maximum Gasteiger partial charge on any atom is 0.270 e. The molecule has 24 heteroatoms. The highest BCUT2D eigenvalue weighted by Gasteiger charge is 2.33. The van der Waals surface area contributed by atoms with Crippen LogP contribution >= 0.6 is 68.8 Å². The van der Waals surface area contributed by atoms with Gasteiger partial charge in [-0.25, -0.2) is 59.0 Å². The molecule has 0 N–H and O–H groups in total. The number of hydrogen-bond donors (Lipinski definition) is 0. The molecule has 95 heavy (non-hydrogen) atoms. The average Bonchev–Trinajstić information content (AvgIpc) is 1.64. The van der Waals surface area contributed by atoms with Crippen LogP contribution in [0.4, 0.5) is 0 Å². The van der Waals surface area contributed by atoms with E-state index in [4.69, 9.17) is 64.7 Å². The molecule has 6 heterocycles. The molecule has 0 bridgehead atoms. The molecule has 6 aromatic carbocycles. The molecule has 0 unspecified atom stereocenters. The van der Waals surface area contributed by atoms with Crippen LogP contribution in [0.15, 0.2) is 215 Å². The van der Waals surface area contributed by atoms with E-state index in [0.29, 0.717) is 37.0 Å². The summed E-state index contributed by atoms with van der Waals surface area (Å²) >= 11 is 23.9. The lowest BCUT2D eigenvalue weighted by atomic mass is 10.0. The van der Waals surface area contributed by atoms with Crippen molar-refractivity contribution < 1.29 is 25.3 Å². The molecule has 0 aliphatic carbocycles. The van der Waals surface area contributed by atoms with Crippen LogP contribution in [0.1, 0.15) is 51.7 Å². The van der Waals surface area contributed by atoms with Gasteiger partial charge in [-0.15, -0.1) is 34.0 Å². The molecule has 6 aromatic heterocycles. The third kappa shape index (κ3) is 15.5. The van der Waals surface area contributed by atoms with E-state index in [0.717, 1.165) is 80.1 Å². The van der Waals surface area contributed by atoms with Gasteiger partial charge in [0.2, 0.25) is 0 Å². The minimum Gasteiger partial charge on any atom is -0.310 e. The fourth-order valence-corrected chi connectivity index (χ4v) is 15.6. The second-order valence-corrected chi connectivity index (χ2v) is 33.4. The lowest BCUT2D eigenvalue weighted by Gasteiger charge is -2.09. The zero-order valence-corrected chi connectivity index (χ0v) is 59.2. The molecule has 0 radical (unpaired) electrons. The topological polar surface area (TPSA) is 169 Å². The van der Waals surface area contributed by atoms with E-state index in [2.05, 4.69) is 19.6 Å². The van der Waals surface area contributed by atoms with Crippen molar-refractivity contribution in [1.82, 2.24) is 29.3 Å². The molecule has 0 saturated heterocycles. The first kappa shape index (κ1) is 69.1. The molecule has 12 aromatic rings. The number of hydrogen-bond acceptors (Lipinski definition) is 12. The lowest BCUT2D eigenvalue weighted by molar-refractivity contribution is 0.596. The Labute approximate surface area is 580 Å². The maximum atomic E-state index is 12.3. The number of aromatic nitrogens is 6. The van der Waals surface area contributed by atoms with Crippen LogP contribution in [0.2, 0.25) is 15.1 Å². The van der Waals surface area contributed by atoms with E-state index < -0.39 is 40.6 Å². The minimum atomic E-state index is -3.29. The second kappa shape index (κ2) is 28.3. The van der Waals surface area contributed by atoms with E-state index in [9.17, 15) is 25.3 Å². The molecule has 480 valence electrons. The third-order valence-corrected chi connectivity index (χ3v) is 23.4. The van der Waals surface area contributed by atoms with Crippen molar-refractivity contribution >= 4 is 98.3 Å². The average molecular weight is 1430 g/mol. The Bertz CT molecular complexity index is 5370. The van der Waals surface area contributed by atoms with Gasteiger partial charge in [0, 0.05) is 54.8 Å². The van der Waals surface area contributed by atoms with E-state index in [1.165, 1.54) is 46.5 Å². The Kier molecular flexibility index (Phi) is 20.6. The van der Waals surface area contributed by atoms with Gasteiger partial charge in [-0.1, -0.05) is 115 Å². The van der Waals surface area contributed by atoms with Gasteiger partial charge in [0.25, 0.3) is 17.6 Å². The number of sulfone groups is 3. The highest BCUT2D eigenvalue weighted by atomic mass is 35.5. The van der Waals surface area contributed by atoms with Gasteiger partial charge in [0.1, 0.15) is 17.1 Å². The fourth-order valence-electron chi connectivity index (χ4n) is 9.67. The van der Waals surface area contributed by atoms with Crippen molar-refractivity contribution in [3.05, 3.63) is 267 Å². The van der Waals surface area contributed by atoms with Crippen LogP contribution in [-0.2, 0) is 47.1 Å². The highest BCUT2D eigenvalue weighted by Crippen LogP contribution is 2.43. The fraction of sp³-hybridized carbons (Fsp3) is 0.155. The molecule has 0 fully saturated rings. The Balaban J connectivity index is 0.000000155. The zero-order valence-electron chi connectivity index (χ0n) is 52.0. The predicted octanol–water partition coefficient (Wildman–Crippen LogP) is 19.1. The minimum absolute atomic E-state index is 0.0583. The Morgan fingerprint density at radius 3 is 1.08 bits per heavy atom. The molecule has 0 amide bonds. The summed E-state index contributed by atoms with van der Waals surface area (Å²) in [6.07, 6.45) is 2.40. The molecule has 0 saturated carbocycles. The number of benzene rings is 6. The first-order chi connectivity index (χ1) is 45.1. The predicted molar refractivity (Wildman–Crippen MR) is 385 cm³/mol. The van der Waals surface area contributed by atoms with Crippen LogP contribution in [0.25, 0.3) is 94.6 Å². The standard InChI is InChI=1S/C25H22ClN3O2S2.C24H20ClN3O2S2.C22H16ClN3O2S2/c1-5-33(30,31)18-10-8-9-17(15-18)22-13-14-23(32-22)21-16-24(25(2,3)27-4)28-29(21)20-12-7-6-11-19(20)26;1-24(2,26-3)23-15-20(28(27-23)19-11-6-5-10-18(19)25)22-13-12-21(31-22)16-8-7-9-17(14-16)32(4,29)30;1-24-14-16-13-20(26(25-16)19-9-4-3-8-18(19)23)22-11-10-21(29-22)15-6-5-7-17(12-15)30(2,27)28/h6-16H,5H2,1-3H3;5-15H,1-2,4H3;3-13H,14H2,2H3. The maximum absolute atomic E-state index is 12.3. The van der Waals surface area contributed by atoms with E-state index in [1.54, 1.807) is 87.7 Å². The van der Waals surface area contributed by atoms with E-state index in [-0.39, 0.29) is 22.1 Å². The van der Waals surface area contributed by atoms with Gasteiger partial charge in [0.15, 0.2) is 29.5 Å². The molecule has 0 atom stereocenters. The van der Waals surface area contributed by atoms with Gasteiger partial charge in [-0.3, -0.25) is 0 Å². The van der Waals surface area contributed by atoms with Crippen LogP contribution in [-0.4, -0.2) is 72.9 Å². The summed E-state index contributed by atoms with van der Waals surface area (Å²) in [7, 11) is -9.87. The van der Waals surface area contributed by atoms with Crippen molar-refractivity contribution in [2.45, 2.75) is 66.9 Å². The van der Waals surface area contributed by atoms with Gasteiger partial charge in [-0.05, 0) is 144 Å². The summed E-state index contributed by atoms with van der Waals surface area (Å²) in [5.41, 5.74) is 7.55. The summed E-state index contributed by atoms with van der Waals surface area (Å²) in [5.74, 6) is 0.0583. The van der Waals surface area contributed by atoms with Crippen molar-refractivity contribution in [1.29, 1.82) is 0 Å². The van der Waals surface area contributed by atoms with Gasteiger partial charge in [-0.2, -0.15) is 15.3 Å². The summed E-state index contributed by atoms with van der Waals surface area (Å²) in [4.78, 5) is 17.4. The first-order valence-electron chi connectivity index (χ1n) is 29.0. The molecular weight excluding hydrogens is 1370 g/mol. The molecule has 15 nitrogen and oxygen atoms in total. The van der Waals surface area contributed by atoms with E-state index >= 15 is 0 Å². The summed E-state index contributed by atoms with van der Waals surface area (Å²) in [6.45, 7) is 31.5. The molecule has 0 aliphatic heterocycles. The van der Waals surface area contributed by atoms with Crippen molar-refractivity contribution in [3.8, 4) is 80.1 Å². The zero-order chi connectivity index (χ0) is 68.2. The normalized spacial score (nSPS) is 11.8. The summed E-state index contributed by atoms with van der Waals surface area (Å²) in [6, 6.07) is 60.7. The number of rotatable bonds is 16. The Morgan fingerprint density at radius 2 is 0.747 bits per heavy atom. The van der Waals surface area contributed by atoms with Crippen molar-refractivity contribution in [2.24, 2.45) is 0 Å². The third-order valence-electron chi connectivity index (χ3n) is 15.0. The first-order valence-corrected chi connectivity index (χ1v) is 38.0. The number of halogens is 3. The highest BCUT2D eigenvalue weighted by molar-refractivity contribution is 7.91. The summed E-state index contributed by atoms with van der Waals surface area (Å²) in [5, 5.41) is 15.7. The monoisotopic (exact) mass is 1430 g/mol. The largest absolute Gasteiger partial charge is 0.310 e. The van der Waals surface area contributed by atoms with E-state index in [1.807, 2.05) is 161 Å². The second-order valence-electron chi connectivity index (χ2n) is 22.6. The number of thiophene rings is 3. The lowest BCUT2D eigenvalue weighted by Crippen LogP contribution is -2.12. The van der Waals surface area contributed by atoms with Crippen LogP contribution < -0.4 is 0 Å². The van der Waals surface area contributed by atoms with Crippen molar-refractivity contribution in [3.63, 3.8) is 0 Å². The number of para-hydroxylation sites is 3. The molecule has 12 rings (SSSR count). The molecule has 0 aliphatic rings. The van der Waals surface area contributed by atoms with Crippen LogP contribution in [0.5, 0.6) is 0 Å². The smallest absolute Gasteiger partial charge is 0.270 e. The van der Waals surface area contributed by atoms with Gasteiger partial charge >= 0.3 is 0 Å². The van der Waals surface area contributed by atoms with Crippen LogP contribution in [0, 0.1) is 19.7 Å². The van der Waals surface area contributed by atoms with Gasteiger partial charge in [0.05, 0.1) is 84.3 Å². The number of nitrogens with zero attached hydrogens (tertiary/aromatic N) is 9. The molecule has 0 spiro atoms. The quantitative estimate of drug-likeness (QED) is 0.0855. The Hall–Kier alpha value is -8.76. The SMILES string of the molecule is [C-]#[N+]C(C)(C)c1cc(-c2ccc(-c3cccc(S(=O)(=O)CC)c3)s2)n(-c2ccccc2Cl)n1.[C-]#[N+]C(C)(C)c1cc(-c2ccc(-c3cccc(S(C)(=O)=O)c3)s2)n(-c2ccccc2Cl)n1.[C-]#[N+]Cc1cc(-c2ccc(-c3cccc(S(C)(=O)=O)c3)s2)n(-c2ccccc2Cl)n1. The Morgan fingerprint density at radius 1 is 0.421 bits per heavy atom. The summed E-state index contributed by atoms with van der Waals surface area (Å²) < 4.78 is 77.7.